The Morgan fingerprint density at radius 1 is 1.38 bits per heavy atom. The number of phenolic OH excluding ortho intramolecular Hbond substituents is 1. The third-order valence-corrected chi connectivity index (χ3v) is 5.90. The zero-order chi connectivity index (χ0) is 18.1. The minimum atomic E-state index is 0.254. The Hall–Kier alpha value is -2.25. The van der Waals surface area contributed by atoms with E-state index in [1.165, 1.54) is 6.42 Å². The second kappa shape index (κ2) is 7.17. The second-order valence-electron chi connectivity index (χ2n) is 6.79. The molecule has 0 saturated carbocycles. The summed E-state index contributed by atoms with van der Waals surface area (Å²) in [6.07, 6.45) is 4.00. The second-order valence-corrected chi connectivity index (χ2v) is 7.74. The molecule has 0 spiro atoms. The zero-order valence-electron chi connectivity index (χ0n) is 15.1. The molecule has 0 amide bonds. The van der Waals surface area contributed by atoms with Gasteiger partial charge in [0.05, 0.1) is 6.20 Å². The highest BCUT2D eigenvalue weighted by Crippen LogP contribution is 2.39. The van der Waals surface area contributed by atoms with Gasteiger partial charge in [-0.15, -0.1) is 21.5 Å². The predicted octanol–water partition coefficient (Wildman–Crippen LogP) is 3.66. The molecule has 2 aromatic heterocycles. The topological polar surface area (TPSA) is 74.2 Å². The summed E-state index contributed by atoms with van der Waals surface area (Å²) in [6.45, 7) is 7.41. The number of hydrogen-bond acceptors (Lipinski definition) is 7. The molecule has 1 aliphatic heterocycles. The average Bonchev–Trinajstić information content (AvgIpc) is 3.12. The van der Waals surface area contributed by atoms with Crippen LogP contribution in [0.25, 0.3) is 21.3 Å². The first-order valence-electron chi connectivity index (χ1n) is 9.04. The maximum Gasteiger partial charge on any atom is 0.242 e. The van der Waals surface area contributed by atoms with Crippen LogP contribution in [0, 0.1) is 6.92 Å². The van der Waals surface area contributed by atoms with E-state index in [4.69, 9.17) is 0 Å². The van der Waals surface area contributed by atoms with Gasteiger partial charge >= 0.3 is 0 Å². The molecule has 3 aromatic rings. The quantitative estimate of drug-likeness (QED) is 0.731. The van der Waals surface area contributed by atoms with Crippen molar-refractivity contribution in [2.24, 2.45) is 0 Å². The lowest BCUT2D eigenvalue weighted by molar-refractivity contribution is 0.226. The predicted molar refractivity (Wildman–Crippen MR) is 106 cm³/mol. The summed E-state index contributed by atoms with van der Waals surface area (Å²) in [4.78, 5) is 6.87. The van der Waals surface area contributed by atoms with Gasteiger partial charge < -0.3 is 15.3 Å². The fourth-order valence-electron chi connectivity index (χ4n) is 3.64. The first-order valence-corrected chi connectivity index (χ1v) is 9.92. The van der Waals surface area contributed by atoms with E-state index in [-0.39, 0.29) is 5.75 Å². The minimum absolute atomic E-state index is 0.254. The van der Waals surface area contributed by atoms with Gasteiger partial charge in [-0.1, -0.05) is 6.92 Å². The van der Waals surface area contributed by atoms with Crippen LogP contribution >= 0.6 is 11.3 Å². The summed E-state index contributed by atoms with van der Waals surface area (Å²) in [5.74, 6) is 0.800. The third kappa shape index (κ3) is 3.24. The van der Waals surface area contributed by atoms with Gasteiger partial charge in [-0.05, 0) is 55.9 Å². The number of nitrogens with one attached hydrogen (secondary N) is 1. The number of hydrogen-bond donors (Lipinski definition) is 2. The lowest BCUT2D eigenvalue weighted by atomic mass is 10.0. The number of rotatable bonds is 4. The highest BCUT2D eigenvalue weighted by atomic mass is 32.1. The fraction of sp³-hybridized carbons (Fsp3) is 0.421. The largest absolute Gasteiger partial charge is 0.507 e. The smallest absolute Gasteiger partial charge is 0.242 e. The molecule has 0 unspecified atom stereocenters. The molecular formula is C19H23N5OS. The molecule has 0 aliphatic carbocycles. The van der Waals surface area contributed by atoms with E-state index in [0.29, 0.717) is 23.2 Å². The number of anilines is 1. The van der Waals surface area contributed by atoms with E-state index in [1.807, 2.05) is 18.4 Å². The van der Waals surface area contributed by atoms with Crippen molar-refractivity contribution >= 4 is 27.4 Å². The lowest BCUT2D eigenvalue weighted by Gasteiger charge is -2.32. The van der Waals surface area contributed by atoms with Crippen LogP contribution in [-0.4, -0.2) is 50.9 Å². The molecule has 4 rings (SSSR count). The summed E-state index contributed by atoms with van der Waals surface area (Å²) < 4.78 is 1.07. The molecule has 1 fully saturated rings. The Labute approximate surface area is 156 Å². The van der Waals surface area contributed by atoms with E-state index in [2.05, 4.69) is 38.4 Å². The van der Waals surface area contributed by atoms with Crippen LogP contribution in [0.2, 0.25) is 0 Å². The molecule has 26 heavy (non-hydrogen) atoms. The van der Waals surface area contributed by atoms with E-state index in [9.17, 15) is 5.11 Å². The molecule has 0 bridgehead atoms. The molecular weight excluding hydrogens is 346 g/mol. The number of nitrogens with zero attached hydrogens (tertiary/aromatic N) is 4. The molecule has 7 heteroatoms. The zero-order valence-corrected chi connectivity index (χ0v) is 15.9. The van der Waals surface area contributed by atoms with Crippen molar-refractivity contribution in [3.8, 4) is 17.0 Å². The Balaban J connectivity index is 1.56. The van der Waals surface area contributed by atoms with Crippen molar-refractivity contribution in [1.29, 1.82) is 0 Å². The van der Waals surface area contributed by atoms with Crippen LogP contribution in [0.15, 0.2) is 23.7 Å². The van der Waals surface area contributed by atoms with Gasteiger partial charge in [-0.3, -0.25) is 0 Å². The number of benzene rings is 1. The lowest BCUT2D eigenvalue weighted by Crippen LogP contribution is -2.42. The fourth-order valence-corrected chi connectivity index (χ4v) is 4.53. The molecule has 3 heterocycles. The number of likely N-dealkylation sites (N-methyl/N-ethyl adjacent to an activating group) is 1. The minimum Gasteiger partial charge on any atom is -0.507 e. The first kappa shape index (κ1) is 17.2. The van der Waals surface area contributed by atoms with Crippen LogP contribution in [0.4, 0.5) is 5.95 Å². The Morgan fingerprint density at radius 2 is 2.27 bits per heavy atom. The van der Waals surface area contributed by atoms with Crippen LogP contribution in [0.5, 0.6) is 5.75 Å². The number of likely N-dealkylation sites (tertiary alicyclic amines) is 1. The number of aryl methyl sites for hydroxylation is 1. The summed E-state index contributed by atoms with van der Waals surface area (Å²) in [5.41, 5.74) is 2.27. The number of fused-ring (bicyclic) bond motifs is 1. The van der Waals surface area contributed by atoms with Crippen molar-refractivity contribution < 1.29 is 5.11 Å². The normalized spacial score (nSPS) is 18.3. The summed E-state index contributed by atoms with van der Waals surface area (Å²) in [6, 6.07) is 4.36. The van der Waals surface area contributed by atoms with E-state index in [0.717, 1.165) is 41.7 Å². The molecule has 1 saturated heterocycles. The SMILES string of the molecule is CCN1CCC[C@@H](Nc2ncc(-c3c(C)cc4sccc4c3O)nn2)C1. The number of thiophene rings is 1. The van der Waals surface area contributed by atoms with Crippen LogP contribution < -0.4 is 5.32 Å². The van der Waals surface area contributed by atoms with Crippen LogP contribution in [-0.2, 0) is 0 Å². The Morgan fingerprint density at radius 3 is 3.04 bits per heavy atom. The van der Waals surface area contributed by atoms with Crippen molar-refractivity contribution in [1.82, 2.24) is 20.1 Å². The van der Waals surface area contributed by atoms with Gasteiger partial charge in [0.25, 0.3) is 0 Å². The van der Waals surface area contributed by atoms with E-state index in [1.54, 1.807) is 17.5 Å². The number of aromatic hydroxyl groups is 1. The van der Waals surface area contributed by atoms with Gasteiger partial charge in [0.2, 0.25) is 5.95 Å². The number of piperidine rings is 1. The Bertz CT molecular complexity index is 908. The maximum atomic E-state index is 10.6. The summed E-state index contributed by atoms with van der Waals surface area (Å²) in [5, 5.41) is 25.4. The standard InChI is InChI=1S/C19H23N5OS/c1-3-24-7-4-5-13(11-24)21-19-20-10-15(22-23-19)17-12(2)9-16-14(18(17)25)6-8-26-16/h6,8-10,13,25H,3-5,7,11H2,1-2H3,(H,20,21,23)/t13-/m1/s1. The maximum absolute atomic E-state index is 10.6. The monoisotopic (exact) mass is 369 g/mol. The molecule has 1 aliphatic rings. The summed E-state index contributed by atoms with van der Waals surface area (Å²) in [7, 11) is 0. The van der Waals surface area contributed by atoms with Crippen molar-refractivity contribution in [3.63, 3.8) is 0 Å². The van der Waals surface area contributed by atoms with Crippen LogP contribution in [0.3, 0.4) is 0 Å². The van der Waals surface area contributed by atoms with Gasteiger partial charge in [-0.25, -0.2) is 4.98 Å². The molecule has 1 atom stereocenters. The molecule has 6 nitrogen and oxygen atoms in total. The van der Waals surface area contributed by atoms with Gasteiger partial charge in [0.1, 0.15) is 11.4 Å². The van der Waals surface area contributed by atoms with Crippen molar-refractivity contribution in [2.45, 2.75) is 32.7 Å². The van der Waals surface area contributed by atoms with Crippen molar-refractivity contribution in [3.05, 3.63) is 29.3 Å². The summed E-state index contributed by atoms with van der Waals surface area (Å²) >= 11 is 1.62. The van der Waals surface area contributed by atoms with Gasteiger partial charge in [0, 0.05) is 28.2 Å². The molecule has 1 aromatic carbocycles. The van der Waals surface area contributed by atoms with Crippen LogP contribution in [0.1, 0.15) is 25.3 Å². The Kier molecular flexibility index (Phi) is 4.74. The van der Waals surface area contributed by atoms with E-state index >= 15 is 0 Å². The van der Waals surface area contributed by atoms with Crippen molar-refractivity contribution in [2.75, 3.05) is 25.0 Å². The molecule has 136 valence electrons. The number of aromatic nitrogens is 3. The van der Waals surface area contributed by atoms with Gasteiger partial charge in [0.15, 0.2) is 0 Å². The molecule has 2 N–H and O–H groups in total. The third-order valence-electron chi connectivity index (χ3n) is 5.03. The molecule has 0 radical (unpaired) electrons. The highest BCUT2D eigenvalue weighted by Gasteiger charge is 2.20. The highest BCUT2D eigenvalue weighted by molar-refractivity contribution is 7.17. The first-order chi connectivity index (χ1) is 12.7. The van der Waals surface area contributed by atoms with E-state index < -0.39 is 0 Å². The number of phenols is 1. The van der Waals surface area contributed by atoms with Gasteiger partial charge in [-0.2, -0.15) is 0 Å². The average molecular weight is 369 g/mol.